The Morgan fingerprint density at radius 2 is 1.74 bits per heavy atom. The predicted molar refractivity (Wildman–Crippen MR) is 88.9 cm³/mol. The van der Waals surface area contributed by atoms with Crippen LogP contribution < -0.4 is 0 Å². The van der Waals surface area contributed by atoms with Crippen LogP contribution in [0.1, 0.15) is 66.7 Å². The van der Waals surface area contributed by atoms with Crippen molar-refractivity contribution in [2.75, 3.05) is 0 Å². The second kappa shape index (κ2) is 6.66. The summed E-state index contributed by atoms with van der Waals surface area (Å²) in [7, 11) is 0. The van der Waals surface area contributed by atoms with Crippen molar-refractivity contribution in [3.8, 4) is 0 Å². The standard InChI is InChI=1S/C19H30O4/c1-11(2)10-14-17(21)15(18(22)23-14)16(20)12-6-8-13(9-7-12)19(3,4)5/h11-14,20H,6-10H2,1-5H3/b16-15+. The lowest BCUT2D eigenvalue weighted by Crippen LogP contribution is -2.27. The Morgan fingerprint density at radius 1 is 1.17 bits per heavy atom. The van der Waals surface area contributed by atoms with Crippen molar-refractivity contribution in [2.24, 2.45) is 23.2 Å². The Kier molecular flexibility index (Phi) is 5.22. The Labute approximate surface area is 139 Å². The minimum atomic E-state index is -0.717. The minimum absolute atomic E-state index is 0.0291. The number of carbonyl (C=O) groups excluding carboxylic acids is 2. The van der Waals surface area contributed by atoms with Crippen LogP contribution in [0.4, 0.5) is 0 Å². The molecule has 2 aliphatic rings. The van der Waals surface area contributed by atoms with Gasteiger partial charge in [0.2, 0.25) is 5.78 Å². The number of hydrogen-bond acceptors (Lipinski definition) is 4. The minimum Gasteiger partial charge on any atom is -0.511 e. The Morgan fingerprint density at radius 3 is 2.22 bits per heavy atom. The Hall–Kier alpha value is -1.32. The molecule has 0 amide bonds. The zero-order valence-corrected chi connectivity index (χ0v) is 15.0. The van der Waals surface area contributed by atoms with E-state index in [2.05, 4.69) is 20.8 Å². The van der Waals surface area contributed by atoms with Crippen LogP contribution in [-0.4, -0.2) is 23.0 Å². The van der Waals surface area contributed by atoms with E-state index < -0.39 is 12.1 Å². The molecule has 1 saturated heterocycles. The summed E-state index contributed by atoms with van der Waals surface area (Å²) in [4.78, 5) is 24.4. The molecule has 0 aromatic rings. The maximum atomic E-state index is 12.4. The number of aliphatic hydroxyl groups is 1. The van der Waals surface area contributed by atoms with Gasteiger partial charge in [-0.1, -0.05) is 34.6 Å². The number of cyclic esters (lactones) is 1. The lowest BCUT2D eigenvalue weighted by Gasteiger charge is -2.36. The molecule has 1 atom stereocenters. The largest absolute Gasteiger partial charge is 0.511 e. The number of ketones is 1. The number of carbonyl (C=O) groups is 2. The van der Waals surface area contributed by atoms with Crippen LogP contribution in [0.5, 0.6) is 0 Å². The molecule has 1 unspecified atom stereocenters. The van der Waals surface area contributed by atoms with Gasteiger partial charge >= 0.3 is 5.97 Å². The van der Waals surface area contributed by atoms with Gasteiger partial charge in [-0.05, 0) is 49.4 Å². The quantitative estimate of drug-likeness (QED) is 0.366. The van der Waals surface area contributed by atoms with Crippen LogP contribution in [-0.2, 0) is 14.3 Å². The smallest absolute Gasteiger partial charge is 0.346 e. The molecule has 0 aromatic carbocycles. The molecule has 1 aliphatic heterocycles. The first-order chi connectivity index (χ1) is 10.6. The van der Waals surface area contributed by atoms with E-state index in [-0.39, 0.29) is 34.4 Å². The molecular formula is C19H30O4. The van der Waals surface area contributed by atoms with Gasteiger partial charge in [-0.25, -0.2) is 4.79 Å². The summed E-state index contributed by atoms with van der Waals surface area (Å²) in [5.41, 5.74) is 0.174. The number of allylic oxidation sites excluding steroid dienone is 1. The van der Waals surface area contributed by atoms with E-state index in [4.69, 9.17) is 4.74 Å². The van der Waals surface area contributed by atoms with Gasteiger partial charge in [-0.2, -0.15) is 0 Å². The van der Waals surface area contributed by atoms with Crippen LogP contribution in [0.25, 0.3) is 0 Å². The molecule has 1 N–H and O–H groups in total. The summed E-state index contributed by atoms with van der Waals surface area (Å²) in [6, 6.07) is 0. The lowest BCUT2D eigenvalue weighted by atomic mass is 9.69. The van der Waals surface area contributed by atoms with Crippen LogP contribution in [0.2, 0.25) is 0 Å². The van der Waals surface area contributed by atoms with Crippen LogP contribution in [0, 0.1) is 23.2 Å². The maximum absolute atomic E-state index is 12.4. The Balaban J connectivity index is 2.10. The summed E-state index contributed by atoms with van der Waals surface area (Å²) >= 11 is 0. The van der Waals surface area contributed by atoms with Crippen molar-refractivity contribution in [3.05, 3.63) is 11.3 Å². The first-order valence-electron chi connectivity index (χ1n) is 8.79. The fraction of sp³-hybridized carbons (Fsp3) is 0.789. The molecule has 4 nitrogen and oxygen atoms in total. The van der Waals surface area contributed by atoms with E-state index in [1.807, 2.05) is 13.8 Å². The van der Waals surface area contributed by atoms with Crippen molar-refractivity contribution in [3.63, 3.8) is 0 Å². The third-order valence-corrected chi connectivity index (χ3v) is 5.27. The van der Waals surface area contributed by atoms with Gasteiger partial charge < -0.3 is 9.84 Å². The molecule has 2 fully saturated rings. The molecule has 2 rings (SSSR count). The molecule has 0 aromatic heterocycles. The first-order valence-corrected chi connectivity index (χ1v) is 8.79. The number of aliphatic hydroxyl groups excluding tert-OH is 1. The van der Waals surface area contributed by atoms with Gasteiger partial charge in [-0.15, -0.1) is 0 Å². The molecule has 130 valence electrons. The van der Waals surface area contributed by atoms with Gasteiger partial charge in [0.1, 0.15) is 11.3 Å². The van der Waals surface area contributed by atoms with Crippen molar-refractivity contribution in [1.82, 2.24) is 0 Å². The van der Waals surface area contributed by atoms with E-state index in [0.29, 0.717) is 12.3 Å². The first kappa shape index (κ1) is 18.0. The highest BCUT2D eigenvalue weighted by Gasteiger charge is 2.43. The molecular weight excluding hydrogens is 292 g/mol. The van der Waals surface area contributed by atoms with Crippen LogP contribution >= 0.6 is 0 Å². The molecule has 0 bridgehead atoms. The van der Waals surface area contributed by atoms with E-state index in [0.717, 1.165) is 25.7 Å². The summed E-state index contributed by atoms with van der Waals surface area (Å²) in [5, 5.41) is 10.5. The topological polar surface area (TPSA) is 63.6 Å². The van der Waals surface area contributed by atoms with Crippen molar-refractivity contribution in [2.45, 2.75) is 72.8 Å². The number of hydrogen-bond donors (Lipinski definition) is 1. The van der Waals surface area contributed by atoms with Crippen molar-refractivity contribution >= 4 is 11.8 Å². The highest BCUT2D eigenvalue weighted by atomic mass is 16.6. The average molecular weight is 322 g/mol. The van der Waals surface area contributed by atoms with Gasteiger partial charge in [0.25, 0.3) is 0 Å². The molecule has 1 saturated carbocycles. The predicted octanol–water partition coefficient (Wildman–Crippen LogP) is 4.19. The van der Waals surface area contributed by atoms with E-state index in [1.165, 1.54) is 0 Å². The third-order valence-electron chi connectivity index (χ3n) is 5.27. The van der Waals surface area contributed by atoms with Gasteiger partial charge in [0.05, 0.1) is 0 Å². The normalized spacial score (nSPS) is 31.5. The lowest BCUT2D eigenvalue weighted by molar-refractivity contribution is -0.141. The molecule has 1 heterocycles. The highest BCUT2D eigenvalue weighted by Crippen LogP contribution is 2.42. The van der Waals surface area contributed by atoms with Crippen LogP contribution in [0.3, 0.4) is 0 Å². The van der Waals surface area contributed by atoms with Gasteiger partial charge in [0, 0.05) is 5.92 Å². The third kappa shape index (κ3) is 3.96. The van der Waals surface area contributed by atoms with E-state index >= 15 is 0 Å². The fourth-order valence-corrected chi connectivity index (χ4v) is 3.75. The molecule has 0 spiro atoms. The van der Waals surface area contributed by atoms with Crippen molar-refractivity contribution < 1.29 is 19.4 Å². The monoisotopic (exact) mass is 322 g/mol. The van der Waals surface area contributed by atoms with Gasteiger partial charge in [0.15, 0.2) is 6.10 Å². The Bertz CT molecular complexity index is 502. The fourth-order valence-electron chi connectivity index (χ4n) is 3.75. The molecule has 1 aliphatic carbocycles. The zero-order valence-electron chi connectivity index (χ0n) is 15.0. The maximum Gasteiger partial charge on any atom is 0.346 e. The van der Waals surface area contributed by atoms with E-state index in [9.17, 15) is 14.7 Å². The number of ether oxygens (including phenoxy) is 1. The van der Waals surface area contributed by atoms with Gasteiger partial charge in [-0.3, -0.25) is 4.79 Å². The second-order valence-corrected chi connectivity index (χ2v) is 8.56. The number of esters is 1. The highest BCUT2D eigenvalue weighted by molar-refractivity contribution is 6.23. The molecule has 4 heteroatoms. The summed E-state index contributed by atoms with van der Waals surface area (Å²) in [6.07, 6.45) is 3.48. The SMILES string of the molecule is CC(C)CC1OC(=O)/C(=C(/O)C2CCC(C(C)(C)C)CC2)C1=O. The zero-order chi connectivity index (χ0) is 17.4. The number of rotatable bonds is 3. The number of Topliss-reactive ketones (excluding diaryl/α,β-unsaturated/α-hetero) is 1. The average Bonchev–Trinajstić information content (AvgIpc) is 2.71. The second-order valence-electron chi connectivity index (χ2n) is 8.56. The molecule has 23 heavy (non-hydrogen) atoms. The summed E-state index contributed by atoms with van der Waals surface area (Å²) < 4.78 is 5.18. The van der Waals surface area contributed by atoms with Crippen molar-refractivity contribution in [1.29, 1.82) is 0 Å². The van der Waals surface area contributed by atoms with E-state index in [1.54, 1.807) is 0 Å². The molecule has 0 radical (unpaired) electrons. The van der Waals surface area contributed by atoms with Crippen LogP contribution in [0.15, 0.2) is 11.3 Å². The summed E-state index contributed by atoms with van der Waals surface area (Å²) in [5.74, 6) is -0.205. The summed E-state index contributed by atoms with van der Waals surface area (Å²) in [6.45, 7) is 10.7.